The van der Waals surface area contributed by atoms with Crippen molar-refractivity contribution < 1.29 is 78.9 Å². The Morgan fingerprint density at radius 2 is 0.711 bits per heavy atom. The number of benzene rings is 3. The van der Waals surface area contributed by atoms with E-state index in [1.54, 1.807) is 41.5 Å². The summed E-state index contributed by atoms with van der Waals surface area (Å²) in [5, 5.41) is 88.0. The third-order valence-corrected chi connectivity index (χ3v) is 17.3. The number of carboxylic acid groups (broad SMARTS) is 4. The van der Waals surface area contributed by atoms with Gasteiger partial charge in [0.2, 0.25) is 29.5 Å². The van der Waals surface area contributed by atoms with E-state index in [4.69, 9.17) is 5.73 Å². The Balaban J connectivity index is 1.37. The highest BCUT2D eigenvalue weighted by Crippen LogP contribution is 2.42. The van der Waals surface area contributed by atoms with Gasteiger partial charge in [0, 0.05) is 14.2 Å². The molecule has 3 aromatic carbocycles. The second kappa shape index (κ2) is 23.2. The number of carboxylic acids is 4. The molecular weight excluding hydrogens is 1050 g/mol. The number of carbonyl (C=O) groups excluding carboxylic acids is 5. The number of phenolic OH excluding ortho intramolecular Hbond substituents is 3. The van der Waals surface area contributed by atoms with E-state index in [-0.39, 0.29) is 33.9 Å². The Labute approximate surface area is 447 Å². The highest BCUT2D eigenvalue weighted by Gasteiger charge is 2.53. The summed E-state index contributed by atoms with van der Waals surface area (Å²) in [4.78, 5) is 123. The van der Waals surface area contributed by atoms with Crippen LogP contribution in [0.15, 0.2) is 72.8 Å². The minimum Gasteiger partial charge on any atom is -0.508 e. The van der Waals surface area contributed by atoms with E-state index in [1.165, 1.54) is 72.8 Å². The molecule has 25 nitrogen and oxygen atoms in total. The van der Waals surface area contributed by atoms with Crippen LogP contribution in [0.5, 0.6) is 17.2 Å². The van der Waals surface area contributed by atoms with Crippen LogP contribution in [0.3, 0.4) is 0 Å². The SMILES string of the molecule is CC1(C)S[C@H]([C@H](NC(=O)[C@H](NC(=O)[C@@H](NC(=O)[C@H](NC(=O)[C@@H](NC(=O)[C@H](N)c2ccc(O)cc2)[C@@H]2N[C@@H](C(=O)O)C(C)(C)S2)c2ccc(O)cc2)[C@@H]2N[C@@H](C(=O)O)C(C)(C)S2)c2ccc(O)cc2)C(=O)O)N[C@H]1C(=O)O. The van der Waals surface area contributed by atoms with Gasteiger partial charge in [-0.2, -0.15) is 0 Å². The normalized spacial score (nSPS) is 24.5. The van der Waals surface area contributed by atoms with E-state index in [0.717, 1.165) is 35.3 Å². The van der Waals surface area contributed by atoms with Crippen LogP contribution in [0.25, 0.3) is 0 Å². The van der Waals surface area contributed by atoms with Crippen LogP contribution in [0.1, 0.15) is 76.4 Å². The summed E-state index contributed by atoms with van der Waals surface area (Å²) in [6.45, 7) is 9.42. The van der Waals surface area contributed by atoms with Crippen molar-refractivity contribution in [3.63, 3.8) is 0 Å². The zero-order valence-electron chi connectivity index (χ0n) is 41.5. The molecular formula is C48H59N9O16S3. The number of nitrogens with one attached hydrogen (secondary N) is 8. The van der Waals surface area contributed by atoms with Gasteiger partial charge in [-0.05, 0) is 94.6 Å². The maximum Gasteiger partial charge on any atom is 0.328 e. The van der Waals surface area contributed by atoms with Crippen molar-refractivity contribution in [2.45, 2.75) is 126 Å². The van der Waals surface area contributed by atoms with Crippen molar-refractivity contribution in [1.29, 1.82) is 0 Å². The third-order valence-electron chi connectivity index (χ3n) is 12.8. The second-order valence-electron chi connectivity index (χ2n) is 19.7. The lowest BCUT2D eigenvalue weighted by Crippen LogP contribution is -2.61. The van der Waals surface area contributed by atoms with Crippen molar-refractivity contribution in [1.82, 2.24) is 42.5 Å². The quantitative estimate of drug-likeness (QED) is 0.0693. The molecule has 0 aromatic heterocycles. The topological polar surface area (TPSA) is 418 Å². The first-order valence-electron chi connectivity index (χ1n) is 23.3. The molecule has 3 aliphatic heterocycles. The molecule has 28 heteroatoms. The summed E-state index contributed by atoms with van der Waals surface area (Å²) in [5.41, 5.74) is 6.47. The molecule has 5 amide bonds. The maximum atomic E-state index is 15.0. The molecule has 0 spiro atoms. The van der Waals surface area contributed by atoms with Crippen molar-refractivity contribution in [3.05, 3.63) is 89.5 Å². The molecule has 3 aliphatic rings. The Morgan fingerprint density at radius 1 is 0.434 bits per heavy atom. The Bertz CT molecular complexity index is 2730. The molecule has 3 saturated heterocycles. The molecule has 0 radical (unpaired) electrons. The number of hydrogen-bond donors (Lipinski definition) is 16. The number of amides is 5. The van der Waals surface area contributed by atoms with Crippen LogP contribution in [-0.2, 0) is 43.2 Å². The summed E-state index contributed by atoms with van der Waals surface area (Å²) in [7, 11) is 0. The van der Waals surface area contributed by atoms with Crippen LogP contribution < -0.4 is 48.3 Å². The highest BCUT2D eigenvalue weighted by atomic mass is 32.2. The number of carbonyl (C=O) groups is 9. The lowest BCUT2D eigenvalue weighted by atomic mass is 10.0. The van der Waals surface area contributed by atoms with Gasteiger partial charge < -0.3 is 68.1 Å². The van der Waals surface area contributed by atoms with Crippen molar-refractivity contribution >= 4 is 88.7 Å². The monoisotopic (exact) mass is 1110 g/mol. The predicted molar refractivity (Wildman–Crippen MR) is 276 cm³/mol. The predicted octanol–water partition coefficient (Wildman–Crippen LogP) is -0.260. The lowest BCUT2D eigenvalue weighted by Gasteiger charge is -2.31. The van der Waals surface area contributed by atoms with E-state index in [1.807, 2.05) is 0 Å². The molecule has 3 heterocycles. The van der Waals surface area contributed by atoms with Crippen LogP contribution in [0.2, 0.25) is 0 Å². The Kier molecular flexibility index (Phi) is 17.8. The van der Waals surface area contributed by atoms with Crippen LogP contribution in [0, 0.1) is 0 Å². The average Bonchev–Trinajstić information content (AvgIpc) is 3.97. The van der Waals surface area contributed by atoms with E-state index < -0.39 is 138 Å². The Morgan fingerprint density at radius 3 is 1.00 bits per heavy atom. The zero-order valence-corrected chi connectivity index (χ0v) is 43.9. The van der Waals surface area contributed by atoms with Crippen LogP contribution in [-0.4, -0.2) is 156 Å². The number of rotatable bonds is 20. The third kappa shape index (κ3) is 13.4. The van der Waals surface area contributed by atoms with Gasteiger partial charge in [-0.15, -0.1) is 35.3 Å². The van der Waals surface area contributed by atoms with Crippen molar-refractivity contribution in [2.75, 3.05) is 0 Å². The van der Waals surface area contributed by atoms with Crippen molar-refractivity contribution in [3.8, 4) is 17.2 Å². The fraction of sp³-hybridized carbons (Fsp3) is 0.438. The smallest absolute Gasteiger partial charge is 0.328 e. The van der Waals surface area contributed by atoms with E-state index >= 15 is 0 Å². The standard InChI is InChI=1S/C48H59N9O16S3/c1-46(2)31(43(68)69)55-39(74-46)28(52-34(61)25(49)19-7-13-22(58)14-8-19)37(64)50-26(20-9-15-23(59)16-10-20)35(62)53-29(40-56-32(44(70)71)47(3,4)75-40)38(65)51-27(21-11-17-24(60)18-12-21)36(63)54-30(42(66)67)41-57-33(45(72)73)48(5,6)76-41/h7-18,25-33,39-41,55-60H,49H2,1-6H3,(H,50,64)(H,51,65)(H,52,61)(H,53,62)(H,54,63)(H,66,67)(H,68,69)(H,70,71)(H,72,73)/t25-,26-,27-,28-,29-,30+,31+,32+,33+,39-,40-,41-/m1/s1. The number of nitrogens with two attached hydrogens (primary N) is 1. The average molecular weight is 1110 g/mol. The molecule has 0 saturated carbocycles. The first kappa shape index (κ1) is 58.4. The molecule has 410 valence electrons. The van der Waals surface area contributed by atoms with Gasteiger partial charge in [-0.1, -0.05) is 36.4 Å². The number of aliphatic carboxylic acids is 4. The molecule has 12 atom stereocenters. The van der Waals surface area contributed by atoms with Gasteiger partial charge in [0.1, 0.15) is 65.6 Å². The lowest BCUT2D eigenvalue weighted by molar-refractivity contribution is -0.143. The zero-order chi connectivity index (χ0) is 56.4. The summed E-state index contributed by atoms with van der Waals surface area (Å²) < 4.78 is -3.32. The summed E-state index contributed by atoms with van der Waals surface area (Å²) in [6, 6.07) is 0.671. The first-order chi connectivity index (χ1) is 35.4. The summed E-state index contributed by atoms with van der Waals surface area (Å²) >= 11 is 2.84. The fourth-order valence-corrected chi connectivity index (χ4v) is 13.2. The van der Waals surface area contributed by atoms with Crippen molar-refractivity contribution in [2.24, 2.45) is 5.73 Å². The first-order valence-corrected chi connectivity index (χ1v) is 25.9. The molecule has 76 heavy (non-hydrogen) atoms. The fourth-order valence-electron chi connectivity index (χ4n) is 8.75. The number of thioether (sulfide) groups is 3. The van der Waals surface area contributed by atoms with Gasteiger partial charge in [0.15, 0.2) is 6.04 Å². The van der Waals surface area contributed by atoms with Gasteiger partial charge in [0.25, 0.3) is 0 Å². The maximum absolute atomic E-state index is 15.0. The van der Waals surface area contributed by atoms with Gasteiger partial charge >= 0.3 is 23.9 Å². The Hall–Kier alpha value is -6.82. The van der Waals surface area contributed by atoms with Gasteiger partial charge in [0.05, 0.1) is 16.1 Å². The second-order valence-corrected chi connectivity index (χ2v) is 25.1. The summed E-state index contributed by atoms with van der Waals surface area (Å²) in [5.74, 6) is -11.6. The van der Waals surface area contributed by atoms with Crippen LogP contribution in [0.4, 0.5) is 0 Å². The molecule has 6 rings (SSSR count). The molecule has 0 unspecified atom stereocenters. The van der Waals surface area contributed by atoms with E-state index in [9.17, 15) is 78.9 Å². The number of aromatic hydroxyl groups is 3. The minimum atomic E-state index is -1.87. The molecule has 3 fully saturated rings. The van der Waals surface area contributed by atoms with Crippen LogP contribution >= 0.6 is 35.3 Å². The highest BCUT2D eigenvalue weighted by molar-refractivity contribution is 8.02. The molecule has 0 aliphatic carbocycles. The molecule has 3 aromatic rings. The summed E-state index contributed by atoms with van der Waals surface area (Å²) in [6.07, 6.45) is 0. The number of hydrogen-bond acceptors (Lipinski definition) is 19. The number of phenols is 3. The largest absolute Gasteiger partial charge is 0.508 e. The molecule has 0 bridgehead atoms. The van der Waals surface area contributed by atoms with Gasteiger partial charge in [-0.25, -0.2) is 4.79 Å². The minimum absolute atomic E-state index is 0.0204. The van der Waals surface area contributed by atoms with Gasteiger partial charge in [-0.3, -0.25) is 54.3 Å². The van der Waals surface area contributed by atoms with E-state index in [0.29, 0.717) is 0 Å². The van der Waals surface area contributed by atoms with E-state index in [2.05, 4.69) is 42.5 Å². The molecule has 17 N–H and O–H groups in total.